The number of hydrogen-bond donors (Lipinski definition) is 0. The van der Waals surface area contributed by atoms with E-state index >= 15 is 0 Å². The van der Waals surface area contributed by atoms with Crippen LogP contribution in [0.1, 0.15) is 10.4 Å². The van der Waals surface area contributed by atoms with Gasteiger partial charge in [-0.15, -0.1) is 0 Å². The third kappa shape index (κ3) is 3.57. The minimum absolute atomic E-state index is 0.0602. The summed E-state index contributed by atoms with van der Waals surface area (Å²) < 4.78 is 49.4. The van der Waals surface area contributed by atoms with Crippen LogP contribution in [0.4, 0.5) is 17.6 Å². The quantitative estimate of drug-likeness (QED) is 0.474. The van der Waals surface area contributed by atoms with Crippen LogP contribution in [0, 0.1) is 0 Å². The van der Waals surface area contributed by atoms with Gasteiger partial charge >= 0.3 is 10.9 Å². The molecule has 0 fully saturated rings. The third-order valence-corrected chi connectivity index (χ3v) is 2.49. The molecule has 0 saturated carbocycles. The van der Waals surface area contributed by atoms with E-state index in [1.165, 1.54) is 0 Å². The van der Waals surface area contributed by atoms with Crippen LogP contribution in [0.15, 0.2) is 24.3 Å². The molecule has 1 rings (SSSR count). The Balaban J connectivity index is 2.86. The number of carbonyl (C=O) groups excluding carboxylic acids is 1. The Morgan fingerprint density at radius 1 is 1.18 bits per heavy atom. The lowest BCUT2D eigenvalue weighted by Crippen LogP contribution is -2.40. The molecule has 1 aromatic carbocycles. The first-order valence-electron chi connectivity index (χ1n) is 4.07. The molecule has 0 radical (unpaired) electrons. The van der Waals surface area contributed by atoms with Crippen LogP contribution in [0.2, 0.25) is 0 Å². The van der Waals surface area contributed by atoms with Crippen molar-refractivity contribution in [3.8, 4) is 5.75 Å². The van der Waals surface area contributed by atoms with E-state index in [0.29, 0.717) is 0 Å². The molecule has 0 N–H and O–H groups in total. The monoisotopic (exact) mass is 334 g/mol. The van der Waals surface area contributed by atoms with Gasteiger partial charge in [0.15, 0.2) is 0 Å². The maximum Gasteiger partial charge on any atom is 0.472 e. The van der Waals surface area contributed by atoms with Crippen LogP contribution < -0.4 is 4.74 Å². The first-order chi connectivity index (χ1) is 7.63. The highest BCUT2D eigenvalue weighted by Gasteiger charge is 2.57. The lowest BCUT2D eigenvalue weighted by Gasteiger charge is -2.22. The smallest absolute Gasteiger partial charge is 0.442 e. The Labute approximate surface area is 107 Å². The maximum absolute atomic E-state index is 13.0. The van der Waals surface area contributed by atoms with E-state index in [0.717, 1.165) is 24.3 Å². The fraction of sp³-hybridized carbons (Fsp3) is 0.222. The van der Waals surface area contributed by atoms with E-state index in [1.807, 2.05) is 0 Å². The summed E-state index contributed by atoms with van der Waals surface area (Å²) in [6.07, 6.45) is -5.23. The first kappa shape index (κ1) is 14.2. The second-order valence-corrected chi connectivity index (χ2v) is 4.28. The zero-order chi connectivity index (χ0) is 13.3. The summed E-state index contributed by atoms with van der Waals surface area (Å²) in [7, 11) is 0. The van der Waals surface area contributed by atoms with Gasteiger partial charge in [0.25, 0.3) is 5.24 Å². The molecule has 0 amide bonds. The molecule has 1 unspecified atom stereocenters. The lowest BCUT2D eigenvalue weighted by atomic mass is 10.2. The minimum Gasteiger partial charge on any atom is -0.442 e. The second kappa shape index (κ2) is 4.81. The number of alkyl halides is 5. The standard InChI is InChI=1S/C9H4BrClF4O2/c10-8(12,9(13,14)15)17-6-3-1-5(2-4-6)7(11)16/h1-4H. The predicted molar refractivity (Wildman–Crippen MR) is 56.1 cm³/mol. The van der Waals surface area contributed by atoms with Gasteiger partial charge in [0, 0.05) is 21.5 Å². The molecule has 0 bridgehead atoms. The SMILES string of the molecule is O=C(Cl)c1ccc(OC(F)(Br)C(F)(F)F)cc1. The van der Waals surface area contributed by atoms with Gasteiger partial charge in [-0.3, -0.25) is 4.79 Å². The van der Waals surface area contributed by atoms with Crippen LogP contribution in [0.25, 0.3) is 0 Å². The molecule has 8 heteroatoms. The summed E-state index contributed by atoms with van der Waals surface area (Å²) >= 11 is 6.90. The average molecular weight is 335 g/mol. The summed E-state index contributed by atoms with van der Waals surface area (Å²) in [6, 6.07) is 4.22. The molecule has 0 aliphatic heterocycles. The van der Waals surface area contributed by atoms with Crippen molar-refractivity contribution in [1.82, 2.24) is 0 Å². The number of halogens is 6. The number of benzene rings is 1. The maximum atomic E-state index is 13.0. The topological polar surface area (TPSA) is 26.3 Å². The first-order valence-corrected chi connectivity index (χ1v) is 5.24. The summed E-state index contributed by atoms with van der Waals surface area (Å²) in [5.74, 6) is -0.400. The minimum atomic E-state index is -5.23. The normalized spacial score (nSPS) is 15.2. The molecule has 0 aromatic heterocycles. The van der Waals surface area contributed by atoms with E-state index < -0.39 is 21.9 Å². The summed E-state index contributed by atoms with van der Waals surface area (Å²) in [5.41, 5.74) is 0.0602. The van der Waals surface area contributed by atoms with E-state index in [1.54, 1.807) is 15.9 Å². The van der Waals surface area contributed by atoms with E-state index in [4.69, 9.17) is 11.6 Å². The van der Waals surface area contributed by atoms with Crippen molar-refractivity contribution in [1.29, 1.82) is 0 Å². The number of ether oxygens (including phenoxy) is 1. The van der Waals surface area contributed by atoms with Crippen LogP contribution in [-0.4, -0.2) is 16.2 Å². The molecule has 1 aromatic rings. The summed E-state index contributed by atoms with van der Waals surface area (Å²) in [6.45, 7) is 0. The molecule has 0 heterocycles. The molecule has 17 heavy (non-hydrogen) atoms. The van der Waals surface area contributed by atoms with Crippen molar-refractivity contribution in [3.05, 3.63) is 29.8 Å². The van der Waals surface area contributed by atoms with Crippen molar-refractivity contribution in [2.45, 2.75) is 10.9 Å². The van der Waals surface area contributed by atoms with Gasteiger partial charge in [0.05, 0.1) is 0 Å². The van der Waals surface area contributed by atoms with E-state index in [9.17, 15) is 22.4 Å². The zero-order valence-electron chi connectivity index (χ0n) is 7.89. The molecular formula is C9H4BrClF4O2. The number of rotatable bonds is 3. The highest BCUT2D eigenvalue weighted by Crippen LogP contribution is 2.40. The number of hydrogen-bond acceptors (Lipinski definition) is 2. The van der Waals surface area contributed by atoms with Gasteiger partial charge in [-0.25, -0.2) is 0 Å². The summed E-state index contributed by atoms with van der Waals surface area (Å²) in [4.78, 5) is 10.7. The van der Waals surface area contributed by atoms with Crippen molar-refractivity contribution < 1.29 is 27.1 Å². The molecule has 0 saturated heterocycles. The summed E-state index contributed by atoms with van der Waals surface area (Å²) in [5, 5.41) is -0.780. The van der Waals surface area contributed by atoms with Crippen LogP contribution in [-0.2, 0) is 0 Å². The largest absolute Gasteiger partial charge is 0.472 e. The predicted octanol–water partition coefficient (Wildman–Crippen LogP) is 4.02. The Morgan fingerprint density at radius 3 is 2.00 bits per heavy atom. The lowest BCUT2D eigenvalue weighted by molar-refractivity contribution is -0.252. The highest BCUT2D eigenvalue weighted by atomic mass is 79.9. The molecule has 94 valence electrons. The highest BCUT2D eigenvalue weighted by molar-refractivity contribution is 9.10. The van der Waals surface area contributed by atoms with Crippen molar-refractivity contribution in [3.63, 3.8) is 0 Å². The average Bonchev–Trinajstić information content (AvgIpc) is 2.16. The van der Waals surface area contributed by atoms with Crippen molar-refractivity contribution in [2.75, 3.05) is 0 Å². The van der Waals surface area contributed by atoms with Crippen molar-refractivity contribution >= 4 is 32.8 Å². The fourth-order valence-corrected chi connectivity index (χ4v) is 1.17. The van der Waals surface area contributed by atoms with Crippen LogP contribution in [0.3, 0.4) is 0 Å². The molecule has 0 spiro atoms. The van der Waals surface area contributed by atoms with Gasteiger partial charge in [-0.05, 0) is 35.9 Å². The van der Waals surface area contributed by atoms with Gasteiger partial charge in [0.2, 0.25) is 0 Å². The Hall–Kier alpha value is -0.820. The van der Waals surface area contributed by atoms with Gasteiger partial charge < -0.3 is 4.74 Å². The Bertz CT molecular complexity index is 416. The van der Waals surface area contributed by atoms with E-state index in [2.05, 4.69) is 4.74 Å². The van der Waals surface area contributed by atoms with E-state index in [-0.39, 0.29) is 5.56 Å². The number of carbonyl (C=O) groups is 1. The third-order valence-electron chi connectivity index (χ3n) is 1.66. The van der Waals surface area contributed by atoms with Crippen LogP contribution in [0.5, 0.6) is 5.75 Å². The van der Waals surface area contributed by atoms with Gasteiger partial charge in [-0.1, -0.05) is 0 Å². The second-order valence-electron chi connectivity index (χ2n) is 2.91. The molecule has 2 nitrogen and oxygen atoms in total. The van der Waals surface area contributed by atoms with Gasteiger partial charge in [-0.2, -0.15) is 17.6 Å². The molecule has 0 aliphatic carbocycles. The zero-order valence-corrected chi connectivity index (χ0v) is 10.2. The Morgan fingerprint density at radius 2 is 1.65 bits per heavy atom. The molecule has 1 atom stereocenters. The molecule has 0 aliphatic rings. The Kier molecular flexibility index (Phi) is 4.03. The molecular weight excluding hydrogens is 331 g/mol. The van der Waals surface area contributed by atoms with Gasteiger partial charge in [0.1, 0.15) is 5.75 Å². The van der Waals surface area contributed by atoms with Crippen molar-refractivity contribution in [2.24, 2.45) is 0 Å². The fourth-order valence-electron chi connectivity index (χ4n) is 0.860. The van der Waals surface area contributed by atoms with Crippen LogP contribution >= 0.6 is 27.5 Å².